The number of pyridine rings is 1. The first-order chi connectivity index (χ1) is 25.4. The maximum Gasteiger partial charge on any atom is 0.314 e. The zero-order chi connectivity index (χ0) is 35.7. The Morgan fingerprint density at radius 3 is 2.00 bits per heavy atom. The van der Waals surface area contributed by atoms with Gasteiger partial charge in [0.1, 0.15) is 0 Å². The third-order valence-electron chi connectivity index (χ3n) is 9.20. The molecule has 254 valence electrons. The van der Waals surface area contributed by atoms with Crippen LogP contribution in [0.2, 0.25) is 0 Å². The van der Waals surface area contributed by atoms with Crippen LogP contribution in [0.15, 0.2) is 146 Å². The van der Waals surface area contributed by atoms with Gasteiger partial charge in [-0.15, -0.1) is 15.0 Å². The molecule has 0 amide bonds. The highest BCUT2D eigenvalue weighted by molar-refractivity contribution is 5.80. The molecular weight excluding hydrogens is 651 g/mol. The van der Waals surface area contributed by atoms with Gasteiger partial charge in [-0.1, -0.05) is 109 Å². The molecule has 0 radical (unpaired) electrons. The van der Waals surface area contributed by atoms with E-state index in [0.29, 0.717) is 23.6 Å². The number of hydrogen-bond donors (Lipinski definition) is 1. The largest absolute Gasteiger partial charge is 0.360 e. The molecule has 52 heavy (non-hydrogen) atoms. The standard InChI is InChI=1S/C41H33N9O2/c1-28-24-29(2)43-40(38(28)49(51)52)42-26-30-22-23-36-31(25-30)27-48(45-36)37-21-13-12-20-35(37)39-44-47-50(46-39)41(32-14-6-3-7-15-32,33-16-8-4-9-17-33)34-18-10-5-11-19-34/h3-25,27H,26H2,1-2H3,(H,42,43). The molecule has 0 aliphatic rings. The molecule has 0 unspecified atom stereocenters. The van der Waals surface area contributed by atoms with Crippen LogP contribution in [-0.4, -0.2) is 39.9 Å². The van der Waals surface area contributed by atoms with Crippen molar-refractivity contribution in [2.75, 3.05) is 5.32 Å². The molecule has 0 aliphatic carbocycles. The van der Waals surface area contributed by atoms with Crippen molar-refractivity contribution >= 4 is 22.4 Å². The number of tetrazole rings is 1. The lowest BCUT2D eigenvalue weighted by atomic mass is 9.77. The normalized spacial score (nSPS) is 11.5. The van der Waals surface area contributed by atoms with E-state index in [0.717, 1.165) is 44.4 Å². The summed E-state index contributed by atoms with van der Waals surface area (Å²) in [6.07, 6.45) is 1.96. The van der Waals surface area contributed by atoms with Gasteiger partial charge >= 0.3 is 5.69 Å². The summed E-state index contributed by atoms with van der Waals surface area (Å²) in [5, 5.41) is 35.2. The predicted octanol–water partition coefficient (Wildman–Crippen LogP) is 8.05. The summed E-state index contributed by atoms with van der Waals surface area (Å²) < 4.78 is 1.83. The first kappa shape index (κ1) is 32.2. The topological polar surface area (TPSA) is 129 Å². The van der Waals surface area contributed by atoms with E-state index in [2.05, 4.69) is 51.8 Å². The minimum atomic E-state index is -0.901. The number of aromatic nitrogens is 7. The molecule has 0 spiro atoms. The highest BCUT2D eigenvalue weighted by atomic mass is 16.6. The zero-order valence-electron chi connectivity index (χ0n) is 28.5. The monoisotopic (exact) mass is 683 g/mol. The fourth-order valence-electron chi connectivity index (χ4n) is 6.89. The molecule has 0 saturated heterocycles. The predicted molar refractivity (Wildman–Crippen MR) is 200 cm³/mol. The second kappa shape index (κ2) is 13.4. The highest BCUT2D eigenvalue weighted by Crippen LogP contribution is 2.40. The van der Waals surface area contributed by atoms with Crippen LogP contribution in [0.3, 0.4) is 0 Å². The molecule has 3 aromatic heterocycles. The number of aryl methyl sites for hydroxylation is 2. The van der Waals surface area contributed by atoms with Gasteiger partial charge in [-0.25, -0.2) is 9.67 Å². The van der Waals surface area contributed by atoms with Gasteiger partial charge in [-0.2, -0.15) is 5.10 Å². The van der Waals surface area contributed by atoms with E-state index in [1.807, 2.05) is 115 Å². The van der Waals surface area contributed by atoms with Gasteiger partial charge in [0.05, 0.1) is 16.1 Å². The summed E-state index contributed by atoms with van der Waals surface area (Å²) in [6.45, 7) is 3.90. The maximum atomic E-state index is 11.8. The van der Waals surface area contributed by atoms with E-state index in [9.17, 15) is 10.1 Å². The van der Waals surface area contributed by atoms with Gasteiger partial charge in [0.2, 0.25) is 11.6 Å². The van der Waals surface area contributed by atoms with Crippen molar-refractivity contribution in [2.45, 2.75) is 25.9 Å². The Hall–Kier alpha value is -7.01. The number of nitrogens with one attached hydrogen (secondary N) is 1. The van der Waals surface area contributed by atoms with E-state index in [-0.39, 0.29) is 11.5 Å². The number of anilines is 1. The molecule has 1 N–H and O–H groups in total. The van der Waals surface area contributed by atoms with Crippen LogP contribution in [0.4, 0.5) is 11.5 Å². The number of fused-ring (bicyclic) bond motifs is 1. The van der Waals surface area contributed by atoms with Crippen LogP contribution in [0, 0.1) is 24.0 Å². The van der Waals surface area contributed by atoms with Crippen molar-refractivity contribution in [3.63, 3.8) is 0 Å². The molecule has 11 nitrogen and oxygen atoms in total. The van der Waals surface area contributed by atoms with Crippen LogP contribution in [0.25, 0.3) is 28.0 Å². The van der Waals surface area contributed by atoms with E-state index in [1.165, 1.54) is 0 Å². The summed E-state index contributed by atoms with van der Waals surface area (Å²) in [6, 6.07) is 46.2. The quantitative estimate of drug-likeness (QED) is 0.0871. The molecular formula is C41H33N9O2. The number of benzene rings is 5. The SMILES string of the molecule is Cc1cc(C)c([N+](=O)[O-])c(NCc2ccc3nn(-c4ccccc4-c4nnn(C(c5ccccc5)(c5ccccc5)c5ccccc5)n4)cc3c2)n1. The average Bonchev–Trinajstić information content (AvgIpc) is 3.83. The molecule has 8 rings (SSSR count). The minimum Gasteiger partial charge on any atom is -0.360 e. The molecule has 0 bridgehead atoms. The van der Waals surface area contributed by atoms with Gasteiger partial charge in [-0.3, -0.25) is 10.1 Å². The summed E-state index contributed by atoms with van der Waals surface area (Å²) in [4.78, 5) is 17.5. The van der Waals surface area contributed by atoms with E-state index in [1.54, 1.807) is 17.8 Å². The van der Waals surface area contributed by atoms with Gasteiger partial charge in [0.15, 0.2) is 5.54 Å². The van der Waals surface area contributed by atoms with Crippen LogP contribution < -0.4 is 5.32 Å². The summed E-state index contributed by atoms with van der Waals surface area (Å²) >= 11 is 0. The first-order valence-electron chi connectivity index (χ1n) is 16.8. The van der Waals surface area contributed by atoms with Crippen molar-refractivity contribution in [3.05, 3.63) is 189 Å². The molecule has 11 heteroatoms. The molecule has 5 aromatic carbocycles. The lowest BCUT2D eigenvalue weighted by Crippen LogP contribution is -2.39. The van der Waals surface area contributed by atoms with Crippen molar-refractivity contribution < 1.29 is 4.92 Å². The Morgan fingerprint density at radius 2 is 1.37 bits per heavy atom. The summed E-state index contributed by atoms with van der Waals surface area (Å²) in [5.74, 6) is 0.707. The van der Waals surface area contributed by atoms with Gasteiger partial charge in [0, 0.05) is 34.9 Å². The fraction of sp³-hybridized carbons (Fsp3) is 0.0976. The van der Waals surface area contributed by atoms with E-state index >= 15 is 0 Å². The third-order valence-corrected chi connectivity index (χ3v) is 9.20. The lowest BCUT2D eigenvalue weighted by molar-refractivity contribution is -0.384. The van der Waals surface area contributed by atoms with Crippen molar-refractivity contribution in [3.8, 4) is 17.1 Å². The van der Waals surface area contributed by atoms with Gasteiger partial charge in [0.25, 0.3) is 0 Å². The highest BCUT2D eigenvalue weighted by Gasteiger charge is 2.41. The molecule has 0 fully saturated rings. The van der Waals surface area contributed by atoms with Crippen LogP contribution >= 0.6 is 0 Å². The van der Waals surface area contributed by atoms with Crippen LogP contribution in [0.1, 0.15) is 33.5 Å². The fourth-order valence-corrected chi connectivity index (χ4v) is 6.89. The Kier molecular flexibility index (Phi) is 8.28. The maximum absolute atomic E-state index is 11.8. The second-order valence-corrected chi connectivity index (χ2v) is 12.6. The number of para-hydroxylation sites is 1. The van der Waals surface area contributed by atoms with Gasteiger partial charge in [-0.05, 0) is 71.6 Å². The van der Waals surface area contributed by atoms with Crippen molar-refractivity contribution in [1.82, 2.24) is 35.0 Å². The average molecular weight is 684 g/mol. The molecule has 0 aliphatic heterocycles. The number of rotatable bonds is 10. The van der Waals surface area contributed by atoms with E-state index in [4.69, 9.17) is 15.4 Å². The Labute approximate surface area is 299 Å². The van der Waals surface area contributed by atoms with Crippen molar-refractivity contribution in [1.29, 1.82) is 0 Å². The molecule has 8 aromatic rings. The molecule has 3 heterocycles. The third kappa shape index (κ3) is 5.73. The number of hydrogen-bond acceptors (Lipinski definition) is 8. The van der Waals surface area contributed by atoms with Crippen molar-refractivity contribution in [2.24, 2.45) is 0 Å². The number of nitrogens with zero attached hydrogens (tertiary/aromatic N) is 8. The lowest BCUT2D eigenvalue weighted by Gasteiger charge is -2.34. The Morgan fingerprint density at radius 1 is 0.750 bits per heavy atom. The number of nitro groups is 1. The first-order valence-corrected chi connectivity index (χ1v) is 16.8. The molecule has 0 saturated carbocycles. The zero-order valence-corrected chi connectivity index (χ0v) is 28.5. The van der Waals surface area contributed by atoms with Gasteiger partial charge < -0.3 is 5.32 Å². The second-order valence-electron chi connectivity index (χ2n) is 12.6. The van der Waals surface area contributed by atoms with Crippen LogP contribution in [0.5, 0.6) is 0 Å². The smallest absolute Gasteiger partial charge is 0.314 e. The Bertz CT molecular complexity index is 2430. The molecule has 0 atom stereocenters. The summed E-state index contributed by atoms with van der Waals surface area (Å²) in [5.41, 5.74) is 6.62. The van der Waals surface area contributed by atoms with Crippen LogP contribution in [-0.2, 0) is 12.1 Å². The Balaban J connectivity index is 1.17. The minimum absolute atomic E-state index is 0.0183. The van der Waals surface area contributed by atoms with E-state index < -0.39 is 10.5 Å². The summed E-state index contributed by atoms with van der Waals surface area (Å²) in [7, 11) is 0.